The number of nitrogens with zero attached hydrogens (tertiary/aromatic N) is 4. The lowest BCUT2D eigenvalue weighted by molar-refractivity contribution is -0.144. The van der Waals surface area contributed by atoms with Crippen LogP contribution in [0, 0.1) is 5.92 Å². The average molecular weight is 331 g/mol. The zero-order valence-electron chi connectivity index (χ0n) is 14.1. The smallest absolute Gasteiger partial charge is 0.227 e. The molecule has 7 heteroatoms. The molecule has 1 aliphatic heterocycles. The number of nitrogen functional groups attached to an aromatic ring is 1. The molecular formula is C17H25N5O2. The molecule has 2 heterocycles. The highest BCUT2D eigenvalue weighted by Crippen LogP contribution is 2.29. The van der Waals surface area contributed by atoms with E-state index >= 15 is 0 Å². The van der Waals surface area contributed by atoms with E-state index in [1.54, 1.807) is 24.3 Å². The van der Waals surface area contributed by atoms with Crippen LogP contribution in [-0.4, -0.2) is 51.2 Å². The van der Waals surface area contributed by atoms with Crippen molar-refractivity contribution in [3.05, 3.63) is 18.0 Å². The molecule has 0 aromatic carbocycles. The molecule has 3 rings (SSSR count). The van der Waals surface area contributed by atoms with Gasteiger partial charge in [0.05, 0.1) is 5.92 Å². The van der Waals surface area contributed by atoms with Gasteiger partial charge in [0.1, 0.15) is 0 Å². The van der Waals surface area contributed by atoms with Crippen molar-refractivity contribution < 1.29 is 9.59 Å². The van der Waals surface area contributed by atoms with Gasteiger partial charge in [-0.05, 0) is 19.3 Å². The number of nitrogens with two attached hydrogens (primary N) is 1. The van der Waals surface area contributed by atoms with Crippen molar-refractivity contribution in [2.45, 2.75) is 51.1 Å². The zero-order chi connectivity index (χ0) is 17.1. The van der Waals surface area contributed by atoms with Crippen LogP contribution in [0.5, 0.6) is 0 Å². The number of piperidine rings is 1. The summed E-state index contributed by atoms with van der Waals surface area (Å²) in [5.41, 5.74) is 6.33. The van der Waals surface area contributed by atoms with Crippen LogP contribution in [0.25, 0.3) is 0 Å². The molecule has 7 nitrogen and oxygen atoms in total. The molecule has 2 aliphatic rings. The summed E-state index contributed by atoms with van der Waals surface area (Å²) in [7, 11) is 1.79. The molecule has 24 heavy (non-hydrogen) atoms. The normalized spacial score (nSPS) is 22.0. The number of amides is 2. The number of carbonyl (C=O) groups is 2. The Morgan fingerprint density at radius 1 is 1.29 bits per heavy atom. The molecule has 1 atom stereocenters. The predicted octanol–water partition coefficient (Wildman–Crippen LogP) is 1.20. The van der Waals surface area contributed by atoms with E-state index in [0.29, 0.717) is 32.0 Å². The Balaban J connectivity index is 1.60. The van der Waals surface area contributed by atoms with Gasteiger partial charge in [0.2, 0.25) is 17.8 Å². The maximum Gasteiger partial charge on any atom is 0.227 e. The van der Waals surface area contributed by atoms with Gasteiger partial charge in [-0.25, -0.2) is 9.97 Å². The van der Waals surface area contributed by atoms with Gasteiger partial charge in [-0.1, -0.05) is 12.8 Å². The number of anilines is 1. The van der Waals surface area contributed by atoms with Gasteiger partial charge >= 0.3 is 0 Å². The van der Waals surface area contributed by atoms with Crippen LogP contribution in [0.15, 0.2) is 12.4 Å². The molecule has 2 N–H and O–H groups in total. The number of rotatable bonds is 4. The van der Waals surface area contributed by atoms with Crippen LogP contribution in [0.3, 0.4) is 0 Å². The molecule has 1 saturated carbocycles. The van der Waals surface area contributed by atoms with E-state index in [1.807, 2.05) is 4.90 Å². The molecule has 1 aliphatic carbocycles. The largest absolute Gasteiger partial charge is 0.368 e. The fraction of sp³-hybridized carbons (Fsp3) is 0.647. The lowest BCUT2D eigenvalue weighted by atomic mass is 9.94. The summed E-state index contributed by atoms with van der Waals surface area (Å²) in [6, 6.07) is 0.337. The lowest BCUT2D eigenvalue weighted by Gasteiger charge is -2.37. The zero-order valence-corrected chi connectivity index (χ0v) is 14.1. The minimum atomic E-state index is -0.108. The SMILES string of the molecule is CN(Cc1cnc(N)nc1)C(=O)[C@H]1CCC(=O)N(C2CCCC2)C1. The fourth-order valence-electron chi connectivity index (χ4n) is 3.75. The van der Waals surface area contributed by atoms with E-state index in [4.69, 9.17) is 5.73 Å². The van der Waals surface area contributed by atoms with E-state index < -0.39 is 0 Å². The quantitative estimate of drug-likeness (QED) is 0.895. The average Bonchev–Trinajstić information content (AvgIpc) is 3.11. The summed E-state index contributed by atoms with van der Waals surface area (Å²) in [6.45, 7) is 1.01. The Hall–Kier alpha value is -2.18. The Labute approximate surface area is 142 Å². The number of hydrogen-bond donors (Lipinski definition) is 1. The number of hydrogen-bond acceptors (Lipinski definition) is 5. The first-order valence-corrected chi connectivity index (χ1v) is 8.65. The molecule has 1 aromatic heterocycles. The van der Waals surface area contributed by atoms with Crippen LogP contribution in [-0.2, 0) is 16.1 Å². The van der Waals surface area contributed by atoms with Crippen LogP contribution < -0.4 is 5.73 Å². The van der Waals surface area contributed by atoms with Crippen molar-refractivity contribution in [1.82, 2.24) is 19.8 Å². The standard InChI is InChI=1S/C17H25N5O2/c1-21(10-12-8-19-17(18)20-9-12)16(24)13-6-7-15(23)22(11-13)14-4-2-3-5-14/h8-9,13-14H,2-7,10-11H2,1H3,(H2,18,19,20)/t13-/m0/s1. The van der Waals surface area contributed by atoms with Crippen molar-refractivity contribution >= 4 is 17.8 Å². The molecule has 2 fully saturated rings. The highest BCUT2D eigenvalue weighted by molar-refractivity contribution is 5.84. The summed E-state index contributed by atoms with van der Waals surface area (Å²) in [4.78, 5) is 36.5. The Morgan fingerprint density at radius 3 is 2.62 bits per heavy atom. The third kappa shape index (κ3) is 3.66. The summed E-state index contributed by atoms with van der Waals surface area (Å²) >= 11 is 0. The van der Waals surface area contributed by atoms with Crippen LogP contribution in [0.2, 0.25) is 0 Å². The van der Waals surface area contributed by atoms with Gasteiger partial charge in [-0.3, -0.25) is 9.59 Å². The van der Waals surface area contributed by atoms with Gasteiger partial charge in [0.15, 0.2) is 0 Å². The van der Waals surface area contributed by atoms with Gasteiger partial charge < -0.3 is 15.5 Å². The molecule has 0 bridgehead atoms. The second-order valence-electron chi connectivity index (χ2n) is 6.86. The van der Waals surface area contributed by atoms with Crippen molar-refractivity contribution in [3.63, 3.8) is 0 Å². The first-order chi connectivity index (χ1) is 11.5. The first-order valence-electron chi connectivity index (χ1n) is 8.65. The van der Waals surface area contributed by atoms with Gasteiger partial charge in [0.25, 0.3) is 0 Å². The third-order valence-electron chi connectivity index (χ3n) is 5.08. The molecule has 130 valence electrons. The van der Waals surface area contributed by atoms with E-state index in [0.717, 1.165) is 18.4 Å². The van der Waals surface area contributed by atoms with Crippen molar-refractivity contribution in [1.29, 1.82) is 0 Å². The highest BCUT2D eigenvalue weighted by atomic mass is 16.2. The summed E-state index contributed by atoms with van der Waals surface area (Å²) in [6.07, 6.45) is 8.92. The van der Waals surface area contributed by atoms with Gasteiger partial charge in [-0.15, -0.1) is 0 Å². The maximum atomic E-state index is 12.8. The van der Waals surface area contributed by atoms with Crippen molar-refractivity contribution in [2.24, 2.45) is 5.92 Å². The summed E-state index contributed by atoms with van der Waals surface area (Å²) in [5, 5.41) is 0. The van der Waals surface area contributed by atoms with Crippen molar-refractivity contribution in [2.75, 3.05) is 19.3 Å². The number of aromatic nitrogens is 2. The third-order valence-corrected chi connectivity index (χ3v) is 5.08. The second-order valence-corrected chi connectivity index (χ2v) is 6.86. The second kappa shape index (κ2) is 7.15. The highest BCUT2D eigenvalue weighted by Gasteiger charge is 2.36. The minimum absolute atomic E-state index is 0.0855. The van der Waals surface area contributed by atoms with Crippen molar-refractivity contribution in [3.8, 4) is 0 Å². The topological polar surface area (TPSA) is 92.4 Å². The summed E-state index contributed by atoms with van der Waals surface area (Å²) in [5.74, 6) is 0.414. The molecule has 2 amide bonds. The minimum Gasteiger partial charge on any atom is -0.368 e. The molecule has 1 aromatic rings. The molecule has 0 radical (unpaired) electrons. The Bertz CT molecular complexity index is 598. The van der Waals surface area contributed by atoms with Gasteiger partial charge in [0, 0.05) is 50.6 Å². The molecule has 0 unspecified atom stereocenters. The van der Waals surface area contributed by atoms with Gasteiger partial charge in [-0.2, -0.15) is 0 Å². The van der Waals surface area contributed by atoms with E-state index in [9.17, 15) is 9.59 Å². The maximum absolute atomic E-state index is 12.8. The number of carbonyl (C=O) groups excluding carboxylic acids is 2. The predicted molar refractivity (Wildman–Crippen MR) is 89.6 cm³/mol. The van der Waals surface area contributed by atoms with E-state index in [1.165, 1.54) is 12.8 Å². The van der Waals surface area contributed by atoms with Crippen LogP contribution in [0.1, 0.15) is 44.1 Å². The lowest BCUT2D eigenvalue weighted by Crippen LogP contribution is -2.49. The first kappa shape index (κ1) is 16.7. The van der Waals surface area contributed by atoms with Crippen LogP contribution in [0.4, 0.5) is 5.95 Å². The van der Waals surface area contributed by atoms with E-state index in [-0.39, 0.29) is 23.7 Å². The molecular weight excluding hydrogens is 306 g/mol. The fourth-order valence-corrected chi connectivity index (χ4v) is 3.75. The van der Waals surface area contributed by atoms with E-state index in [2.05, 4.69) is 9.97 Å². The number of likely N-dealkylation sites (tertiary alicyclic amines) is 1. The molecule has 1 saturated heterocycles. The Morgan fingerprint density at radius 2 is 1.96 bits per heavy atom. The summed E-state index contributed by atoms with van der Waals surface area (Å²) < 4.78 is 0. The monoisotopic (exact) mass is 331 g/mol. The molecule has 0 spiro atoms. The van der Waals surface area contributed by atoms with Crippen LogP contribution >= 0.6 is 0 Å². The Kier molecular flexibility index (Phi) is 4.97.